The SMILES string of the molecule is Nc1[c-]cccc1.[Pd+][I]. The summed E-state index contributed by atoms with van der Waals surface area (Å²) in [6.45, 7) is 0. The van der Waals surface area contributed by atoms with Crippen molar-refractivity contribution in [3.63, 3.8) is 0 Å². The molecule has 0 radical (unpaired) electrons. The quantitative estimate of drug-likeness (QED) is 0.335. The zero-order valence-electron chi connectivity index (χ0n) is 4.58. The number of nitrogen functional groups attached to an aromatic ring is 1. The molecule has 3 heteroatoms. The number of nitrogens with two attached hydrogens (primary N) is 1. The molecule has 0 aliphatic heterocycles. The predicted octanol–water partition coefficient (Wildman–Crippen LogP) is 1.95. The fraction of sp³-hybridized carbons (Fsp3) is 0. The van der Waals surface area contributed by atoms with Crippen molar-refractivity contribution in [1.82, 2.24) is 0 Å². The fourth-order valence-electron chi connectivity index (χ4n) is 0.407. The van der Waals surface area contributed by atoms with Gasteiger partial charge in [-0.2, -0.15) is 24.3 Å². The van der Waals surface area contributed by atoms with E-state index in [1.165, 1.54) is 0 Å². The third kappa shape index (κ3) is 4.89. The molecule has 0 unspecified atom stereocenters. The van der Waals surface area contributed by atoms with Crippen LogP contribution >= 0.6 is 19.5 Å². The van der Waals surface area contributed by atoms with E-state index in [1.54, 1.807) is 12.1 Å². The van der Waals surface area contributed by atoms with E-state index >= 15 is 0 Å². The standard InChI is InChI=1S/C6H6N.HI.Pd/c7-6-4-2-1-3-5-6;;/h1-4H,7H2;1H;/q-1;;+2/p-1. The third-order valence-corrected chi connectivity index (χ3v) is 0.733. The van der Waals surface area contributed by atoms with E-state index in [4.69, 9.17) is 5.73 Å². The van der Waals surface area contributed by atoms with Crippen molar-refractivity contribution in [2.24, 2.45) is 0 Å². The van der Waals surface area contributed by atoms with Crippen LogP contribution in [0.1, 0.15) is 0 Å². The van der Waals surface area contributed by atoms with Crippen molar-refractivity contribution in [3.05, 3.63) is 30.3 Å². The molecule has 0 atom stereocenters. The van der Waals surface area contributed by atoms with Gasteiger partial charge in [0.05, 0.1) is 0 Å². The summed E-state index contributed by atoms with van der Waals surface area (Å²) >= 11 is 4.72. The van der Waals surface area contributed by atoms with Crippen LogP contribution in [0.25, 0.3) is 0 Å². The second-order valence-electron chi connectivity index (χ2n) is 1.32. The first-order valence-corrected chi connectivity index (χ1v) is 6.86. The summed E-state index contributed by atoms with van der Waals surface area (Å²) in [6.07, 6.45) is 0. The number of hydrogen-bond donors (Lipinski definition) is 1. The molecule has 0 saturated carbocycles. The molecular formula is C6H6INPd. The Kier molecular flexibility index (Phi) is 6.83. The number of para-hydroxylation sites is 1. The molecule has 9 heavy (non-hydrogen) atoms. The first-order chi connectivity index (χ1) is 4.39. The van der Waals surface area contributed by atoms with Gasteiger partial charge in [-0.15, -0.1) is 6.07 Å². The normalized spacial score (nSPS) is 7.44. The molecule has 0 aliphatic carbocycles. The van der Waals surface area contributed by atoms with Crippen LogP contribution in [0.3, 0.4) is 0 Å². The van der Waals surface area contributed by atoms with Crippen molar-refractivity contribution in [2.45, 2.75) is 0 Å². The van der Waals surface area contributed by atoms with Gasteiger partial charge < -0.3 is 5.73 Å². The Morgan fingerprint density at radius 2 is 2.11 bits per heavy atom. The van der Waals surface area contributed by atoms with Crippen LogP contribution in [0, 0.1) is 6.07 Å². The Morgan fingerprint density at radius 3 is 2.33 bits per heavy atom. The van der Waals surface area contributed by atoms with E-state index in [0.29, 0.717) is 5.69 Å². The van der Waals surface area contributed by atoms with Crippen LogP contribution in [0.2, 0.25) is 0 Å². The molecule has 1 rings (SSSR count). The van der Waals surface area contributed by atoms with Crippen LogP contribution in [0.15, 0.2) is 24.3 Å². The van der Waals surface area contributed by atoms with Gasteiger partial charge in [-0.1, -0.05) is 5.69 Å². The summed E-state index contributed by atoms with van der Waals surface area (Å²) in [5, 5.41) is 0. The van der Waals surface area contributed by atoms with E-state index in [2.05, 4.69) is 21.7 Å². The van der Waals surface area contributed by atoms with E-state index < -0.39 is 0 Å². The van der Waals surface area contributed by atoms with Crippen molar-refractivity contribution in [2.75, 3.05) is 5.73 Å². The molecule has 1 aromatic carbocycles. The zero-order valence-corrected chi connectivity index (χ0v) is 8.29. The third-order valence-electron chi connectivity index (χ3n) is 0.733. The van der Waals surface area contributed by atoms with Crippen molar-refractivity contribution >= 4 is 25.2 Å². The number of hydrogen-bond acceptors (Lipinski definition) is 1. The van der Waals surface area contributed by atoms with Gasteiger partial charge >= 0.3 is 35.1 Å². The van der Waals surface area contributed by atoms with E-state index in [9.17, 15) is 0 Å². The van der Waals surface area contributed by atoms with Crippen LogP contribution in [-0.4, -0.2) is 0 Å². The molecule has 0 saturated heterocycles. The van der Waals surface area contributed by atoms with Crippen molar-refractivity contribution < 1.29 is 15.6 Å². The number of benzene rings is 1. The minimum absolute atomic E-state index is 0.697. The van der Waals surface area contributed by atoms with Crippen LogP contribution in [0.5, 0.6) is 0 Å². The summed E-state index contributed by atoms with van der Waals surface area (Å²) in [7, 11) is 0. The number of rotatable bonds is 0. The maximum absolute atomic E-state index is 5.30. The summed E-state index contributed by atoms with van der Waals surface area (Å²) in [5.41, 5.74) is 6.00. The Balaban J connectivity index is 0.000000291. The first kappa shape index (κ1) is 9.41. The van der Waals surface area contributed by atoms with Gasteiger partial charge in [0.1, 0.15) is 0 Å². The Labute approximate surface area is 76.4 Å². The second kappa shape index (κ2) is 6.53. The van der Waals surface area contributed by atoms with Gasteiger partial charge in [-0.25, -0.2) is 0 Å². The monoisotopic (exact) mass is 325 g/mol. The van der Waals surface area contributed by atoms with Gasteiger partial charge in [0.25, 0.3) is 0 Å². The van der Waals surface area contributed by atoms with Crippen LogP contribution < -0.4 is 5.73 Å². The second-order valence-corrected chi connectivity index (χ2v) is 1.32. The summed E-state index contributed by atoms with van der Waals surface area (Å²) in [6, 6.07) is 10.2. The minimum atomic E-state index is 0.697. The fourth-order valence-corrected chi connectivity index (χ4v) is 0.407. The van der Waals surface area contributed by atoms with Gasteiger partial charge in [0.2, 0.25) is 0 Å². The number of halogens is 1. The topological polar surface area (TPSA) is 26.0 Å². The molecule has 1 aromatic rings. The molecule has 0 fully saturated rings. The maximum atomic E-state index is 5.30. The van der Waals surface area contributed by atoms with Crippen molar-refractivity contribution in [1.29, 1.82) is 0 Å². The molecule has 0 heterocycles. The summed E-state index contributed by atoms with van der Waals surface area (Å²) in [5.74, 6) is 0. The van der Waals surface area contributed by atoms with Gasteiger partial charge in [0, 0.05) is 0 Å². The van der Waals surface area contributed by atoms with Crippen molar-refractivity contribution in [3.8, 4) is 0 Å². The molecule has 2 N–H and O–H groups in total. The van der Waals surface area contributed by atoms with E-state index in [1.807, 2.05) is 31.6 Å². The Hall–Kier alpha value is 0.412. The molecule has 0 spiro atoms. The molecule has 0 amide bonds. The van der Waals surface area contributed by atoms with Crippen LogP contribution in [-0.2, 0) is 15.6 Å². The summed E-state index contributed by atoms with van der Waals surface area (Å²) < 4.78 is 0. The molecule has 0 aliphatic rings. The average Bonchev–Trinajstić information content (AvgIpc) is 1.94. The van der Waals surface area contributed by atoms with E-state index in [-0.39, 0.29) is 0 Å². The average molecular weight is 325 g/mol. The molecule has 1 nitrogen and oxygen atoms in total. The Bertz CT molecular complexity index is 143. The zero-order chi connectivity index (χ0) is 7.11. The first-order valence-electron chi connectivity index (χ1n) is 2.24. The van der Waals surface area contributed by atoms with Gasteiger partial charge in [-0.3, -0.25) is 0 Å². The predicted molar refractivity (Wildman–Crippen MR) is 43.7 cm³/mol. The Morgan fingerprint density at radius 1 is 1.44 bits per heavy atom. The van der Waals surface area contributed by atoms with Gasteiger partial charge in [-0.05, 0) is 0 Å². The number of anilines is 1. The van der Waals surface area contributed by atoms with Gasteiger partial charge in [0.15, 0.2) is 0 Å². The molecule has 0 bridgehead atoms. The van der Waals surface area contributed by atoms with Crippen LogP contribution in [0.4, 0.5) is 5.69 Å². The molecule has 52 valence electrons. The van der Waals surface area contributed by atoms with E-state index in [0.717, 1.165) is 0 Å². The molecular weight excluding hydrogens is 319 g/mol. The summed E-state index contributed by atoms with van der Waals surface area (Å²) in [4.78, 5) is 0. The molecule has 0 aromatic heterocycles.